The van der Waals surface area contributed by atoms with E-state index in [4.69, 9.17) is 5.73 Å². The van der Waals surface area contributed by atoms with E-state index in [1.807, 2.05) is 18.7 Å². The molecular weight excluding hydrogens is 255 g/mol. The SMILES string of the molecule is CC(C)CN1C(N)=NCC12CCCC(C(F)(F)F)C2. The Balaban J connectivity index is 2.17. The van der Waals surface area contributed by atoms with Crippen molar-refractivity contribution in [3.63, 3.8) is 0 Å². The third-order valence-electron chi connectivity index (χ3n) is 4.22. The summed E-state index contributed by atoms with van der Waals surface area (Å²) in [5.74, 6) is -0.441. The maximum atomic E-state index is 13.0. The average Bonchev–Trinajstić information content (AvgIpc) is 2.57. The van der Waals surface area contributed by atoms with Gasteiger partial charge in [0, 0.05) is 6.54 Å². The summed E-state index contributed by atoms with van der Waals surface area (Å²) in [6, 6.07) is 0. The van der Waals surface area contributed by atoms with E-state index in [0.29, 0.717) is 31.4 Å². The number of halogens is 3. The summed E-state index contributed by atoms with van der Waals surface area (Å²) in [6.45, 7) is 5.19. The summed E-state index contributed by atoms with van der Waals surface area (Å²) in [6.07, 6.45) is -2.37. The molecule has 3 nitrogen and oxygen atoms in total. The molecule has 1 fully saturated rings. The van der Waals surface area contributed by atoms with Crippen LogP contribution in [0.2, 0.25) is 0 Å². The summed E-state index contributed by atoms with van der Waals surface area (Å²) in [7, 11) is 0. The van der Waals surface area contributed by atoms with Crippen LogP contribution in [-0.2, 0) is 0 Å². The molecule has 0 aromatic heterocycles. The number of nitrogens with two attached hydrogens (primary N) is 1. The lowest BCUT2D eigenvalue weighted by Crippen LogP contribution is -2.56. The van der Waals surface area contributed by atoms with Crippen LogP contribution < -0.4 is 5.73 Å². The molecule has 1 spiro atoms. The first-order valence-electron chi connectivity index (χ1n) is 6.89. The zero-order valence-electron chi connectivity index (χ0n) is 11.5. The summed E-state index contributed by atoms with van der Waals surface area (Å²) < 4.78 is 38.9. The van der Waals surface area contributed by atoms with Gasteiger partial charge in [-0.15, -0.1) is 0 Å². The van der Waals surface area contributed by atoms with Gasteiger partial charge in [0.15, 0.2) is 5.96 Å². The third-order valence-corrected chi connectivity index (χ3v) is 4.22. The van der Waals surface area contributed by atoms with Gasteiger partial charge in [-0.1, -0.05) is 20.3 Å². The monoisotopic (exact) mass is 277 g/mol. The highest BCUT2D eigenvalue weighted by atomic mass is 19.4. The smallest absolute Gasteiger partial charge is 0.370 e. The van der Waals surface area contributed by atoms with Gasteiger partial charge in [-0.25, -0.2) is 0 Å². The van der Waals surface area contributed by atoms with Crippen LogP contribution in [0.3, 0.4) is 0 Å². The molecule has 0 saturated heterocycles. The van der Waals surface area contributed by atoms with E-state index in [0.717, 1.165) is 6.42 Å². The highest BCUT2D eigenvalue weighted by molar-refractivity contribution is 5.81. The summed E-state index contributed by atoms with van der Waals surface area (Å²) >= 11 is 0. The molecule has 0 aromatic carbocycles. The quantitative estimate of drug-likeness (QED) is 0.843. The Morgan fingerprint density at radius 2 is 2.16 bits per heavy atom. The largest absolute Gasteiger partial charge is 0.391 e. The zero-order valence-corrected chi connectivity index (χ0v) is 11.5. The van der Waals surface area contributed by atoms with Crippen LogP contribution in [0.5, 0.6) is 0 Å². The molecule has 1 saturated carbocycles. The minimum absolute atomic E-state index is 0.132. The van der Waals surface area contributed by atoms with E-state index in [9.17, 15) is 13.2 Å². The van der Waals surface area contributed by atoms with Gasteiger partial charge in [-0.3, -0.25) is 4.99 Å². The van der Waals surface area contributed by atoms with Crippen LogP contribution in [0.4, 0.5) is 13.2 Å². The molecule has 2 rings (SSSR count). The summed E-state index contributed by atoms with van der Waals surface area (Å²) in [5, 5.41) is 0. The number of nitrogens with zero attached hydrogens (tertiary/aromatic N) is 2. The van der Waals surface area contributed by atoms with Crippen molar-refractivity contribution in [2.75, 3.05) is 13.1 Å². The zero-order chi connectivity index (χ0) is 14.3. The molecule has 6 heteroatoms. The fourth-order valence-electron chi connectivity index (χ4n) is 3.30. The molecule has 110 valence electrons. The topological polar surface area (TPSA) is 41.6 Å². The molecular formula is C13H22F3N3. The van der Waals surface area contributed by atoms with Gasteiger partial charge < -0.3 is 10.6 Å². The van der Waals surface area contributed by atoms with Crippen molar-refractivity contribution in [2.24, 2.45) is 22.6 Å². The highest BCUT2D eigenvalue weighted by Gasteiger charge is 2.52. The van der Waals surface area contributed by atoms with Crippen molar-refractivity contribution in [2.45, 2.75) is 51.2 Å². The molecule has 2 unspecified atom stereocenters. The third kappa shape index (κ3) is 2.82. The second-order valence-electron chi connectivity index (χ2n) is 6.24. The van der Waals surface area contributed by atoms with Gasteiger partial charge in [-0.2, -0.15) is 13.2 Å². The Hall–Kier alpha value is -0.940. The first-order chi connectivity index (χ1) is 8.74. The Morgan fingerprint density at radius 1 is 1.47 bits per heavy atom. The maximum Gasteiger partial charge on any atom is 0.391 e. The highest BCUT2D eigenvalue weighted by Crippen LogP contribution is 2.45. The molecule has 0 amide bonds. The van der Waals surface area contributed by atoms with Crippen molar-refractivity contribution >= 4 is 5.96 Å². The van der Waals surface area contributed by atoms with E-state index < -0.39 is 17.6 Å². The van der Waals surface area contributed by atoms with E-state index in [-0.39, 0.29) is 12.8 Å². The molecule has 19 heavy (non-hydrogen) atoms. The molecule has 0 aromatic rings. The lowest BCUT2D eigenvalue weighted by atomic mass is 9.74. The molecule has 2 N–H and O–H groups in total. The van der Waals surface area contributed by atoms with Crippen LogP contribution in [0.25, 0.3) is 0 Å². The lowest BCUT2D eigenvalue weighted by molar-refractivity contribution is -0.191. The normalized spacial score (nSPS) is 32.2. The Morgan fingerprint density at radius 3 is 2.74 bits per heavy atom. The number of guanidine groups is 1. The van der Waals surface area contributed by atoms with Crippen LogP contribution in [-0.4, -0.2) is 35.7 Å². The van der Waals surface area contributed by atoms with Crippen LogP contribution in [0.1, 0.15) is 39.5 Å². The summed E-state index contributed by atoms with van der Waals surface area (Å²) in [4.78, 5) is 6.14. The fraction of sp³-hybridized carbons (Fsp3) is 0.923. The van der Waals surface area contributed by atoms with E-state index in [2.05, 4.69) is 4.99 Å². The van der Waals surface area contributed by atoms with Crippen molar-refractivity contribution < 1.29 is 13.2 Å². The van der Waals surface area contributed by atoms with Crippen molar-refractivity contribution in [1.29, 1.82) is 0 Å². The number of hydrogen-bond donors (Lipinski definition) is 1. The van der Waals surface area contributed by atoms with Crippen molar-refractivity contribution in [3.05, 3.63) is 0 Å². The molecule has 0 bridgehead atoms. The lowest BCUT2D eigenvalue weighted by Gasteiger charge is -2.45. The van der Waals surface area contributed by atoms with Gasteiger partial charge >= 0.3 is 6.18 Å². The molecule has 0 radical (unpaired) electrons. The van der Waals surface area contributed by atoms with Crippen molar-refractivity contribution in [1.82, 2.24) is 4.90 Å². The minimum atomic E-state index is -4.10. The molecule has 2 aliphatic rings. The van der Waals surface area contributed by atoms with Gasteiger partial charge in [0.05, 0.1) is 18.0 Å². The average molecular weight is 277 g/mol. The fourth-order valence-corrected chi connectivity index (χ4v) is 3.30. The van der Waals surface area contributed by atoms with Gasteiger partial charge in [-0.05, 0) is 25.2 Å². The number of alkyl halides is 3. The predicted octanol–water partition coefficient (Wildman–Crippen LogP) is 2.76. The Bertz CT molecular complexity index is 365. The first-order valence-corrected chi connectivity index (χ1v) is 6.89. The molecule has 1 aliphatic heterocycles. The second kappa shape index (κ2) is 4.87. The van der Waals surface area contributed by atoms with Crippen LogP contribution in [0, 0.1) is 11.8 Å². The van der Waals surface area contributed by atoms with E-state index in [1.54, 1.807) is 0 Å². The van der Waals surface area contributed by atoms with E-state index >= 15 is 0 Å². The van der Waals surface area contributed by atoms with Gasteiger partial charge in [0.2, 0.25) is 0 Å². The van der Waals surface area contributed by atoms with Crippen LogP contribution >= 0.6 is 0 Å². The standard InChI is InChI=1S/C13H22F3N3/c1-9(2)7-19-11(17)18-8-12(19)5-3-4-10(6-12)13(14,15)16/h9-10H,3-8H2,1-2H3,(H2,17,18). The molecule has 1 heterocycles. The number of aliphatic imine (C=N–C) groups is 1. The van der Waals surface area contributed by atoms with Gasteiger partial charge in [0.1, 0.15) is 0 Å². The summed E-state index contributed by atoms with van der Waals surface area (Å²) in [5.41, 5.74) is 5.39. The first kappa shape index (κ1) is 14.5. The van der Waals surface area contributed by atoms with Crippen LogP contribution in [0.15, 0.2) is 4.99 Å². The minimum Gasteiger partial charge on any atom is -0.370 e. The second-order valence-corrected chi connectivity index (χ2v) is 6.24. The predicted molar refractivity (Wildman–Crippen MR) is 68.8 cm³/mol. The molecule has 1 aliphatic carbocycles. The van der Waals surface area contributed by atoms with Crippen molar-refractivity contribution in [3.8, 4) is 0 Å². The number of hydrogen-bond acceptors (Lipinski definition) is 3. The van der Waals surface area contributed by atoms with Gasteiger partial charge in [0.25, 0.3) is 0 Å². The molecule has 2 atom stereocenters. The van der Waals surface area contributed by atoms with E-state index in [1.165, 1.54) is 0 Å². The maximum absolute atomic E-state index is 13.0. The number of rotatable bonds is 2. The Kier molecular flexibility index (Phi) is 3.71. The Labute approximate surface area is 112 Å².